The summed E-state index contributed by atoms with van der Waals surface area (Å²) in [6.07, 6.45) is 5.76. The van der Waals surface area contributed by atoms with Crippen LogP contribution in [0.3, 0.4) is 0 Å². The molecule has 120 valence electrons. The summed E-state index contributed by atoms with van der Waals surface area (Å²) < 4.78 is 62.6. The molecule has 0 fully saturated rings. The molecule has 3 aromatic rings. The molecular formula is C17H8F4N2O. The average molecular weight is 332 g/mol. The van der Waals surface area contributed by atoms with Crippen LogP contribution in [0.2, 0.25) is 0 Å². The number of allylic oxidation sites excluding steroid dienone is 4. The highest BCUT2D eigenvalue weighted by molar-refractivity contribution is 6.12. The summed E-state index contributed by atoms with van der Waals surface area (Å²) in [5.74, 6) is -6.48. The number of hydrogen-bond donors (Lipinski definition) is 0. The van der Waals surface area contributed by atoms with Crippen LogP contribution in [0.15, 0.2) is 23.0 Å². The molecule has 0 radical (unpaired) electrons. The molecule has 2 bridgehead atoms. The zero-order valence-electron chi connectivity index (χ0n) is 12.3. The highest BCUT2D eigenvalue weighted by Crippen LogP contribution is 2.49. The highest BCUT2D eigenvalue weighted by Gasteiger charge is 2.34. The van der Waals surface area contributed by atoms with Crippen molar-refractivity contribution in [2.75, 3.05) is 0 Å². The first-order valence-electron chi connectivity index (χ1n) is 7.21. The first kappa shape index (κ1) is 13.6. The Morgan fingerprint density at radius 1 is 1.08 bits per heavy atom. The minimum atomic E-state index is -1.87. The van der Waals surface area contributed by atoms with Gasteiger partial charge in [-0.15, -0.1) is 0 Å². The molecule has 24 heavy (non-hydrogen) atoms. The number of halogens is 4. The second-order valence-electron chi connectivity index (χ2n) is 5.85. The number of furan rings is 1. The van der Waals surface area contributed by atoms with Crippen molar-refractivity contribution in [2.45, 2.75) is 13.3 Å². The summed E-state index contributed by atoms with van der Waals surface area (Å²) in [4.78, 5) is 4.06. The molecule has 0 atom stereocenters. The van der Waals surface area contributed by atoms with Gasteiger partial charge in [-0.3, -0.25) is 0 Å². The topological polar surface area (TPSA) is 31.0 Å². The average Bonchev–Trinajstić information content (AvgIpc) is 3.29. The maximum Gasteiger partial charge on any atom is 0.205 e. The van der Waals surface area contributed by atoms with Gasteiger partial charge in [-0.25, -0.2) is 18.2 Å². The van der Waals surface area contributed by atoms with Crippen LogP contribution in [-0.4, -0.2) is 9.55 Å². The summed E-state index contributed by atoms with van der Waals surface area (Å²) in [6.45, 7) is 1.51. The number of nitrogens with zero attached hydrogens (tertiary/aromatic N) is 2. The van der Waals surface area contributed by atoms with E-state index in [9.17, 15) is 17.6 Å². The minimum absolute atomic E-state index is 0.200. The monoisotopic (exact) mass is 332 g/mol. The first-order chi connectivity index (χ1) is 11.5. The molecule has 0 N–H and O–H groups in total. The molecule has 0 saturated heterocycles. The zero-order valence-corrected chi connectivity index (χ0v) is 12.3. The fourth-order valence-electron chi connectivity index (χ4n) is 3.57. The number of rotatable bonds is 1. The van der Waals surface area contributed by atoms with Crippen molar-refractivity contribution in [3.63, 3.8) is 0 Å². The minimum Gasteiger partial charge on any atom is -0.457 e. The SMILES string of the molecule is Cc1oc2c(F)c(F)c(F)c(F)c2c1C1=C2CC(=C1)n1cncc12. The van der Waals surface area contributed by atoms with E-state index >= 15 is 0 Å². The smallest absolute Gasteiger partial charge is 0.205 e. The molecule has 1 aliphatic heterocycles. The third-order valence-electron chi connectivity index (χ3n) is 4.60. The molecule has 1 aromatic carbocycles. The van der Waals surface area contributed by atoms with E-state index in [2.05, 4.69) is 4.98 Å². The molecule has 7 heteroatoms. The van der Waals surface area contributed by atoms with E-state index in [4.69, 9.17) is 4.42 Å². The van der Waals surface area contributed by atoms with Crippen molar-refractivity contribution >= 4 is 27.8 Å². The first-order valence-corrected chi connectivity index (χ1v) is 7.21. The number of aryl methyl sites for hydroxylation is 1. The number of hydrogen-bond acceptors (Lipinski definition) is 2. The fraction of sp³-hybridized carbons (Fsp3) is 0.118. The Balaban J connectivity index is 1.90. The molecule has 5 rings (SSSR count). The van der Waals surface area contributed by atoms with Crippen molar-refractivity contribution in [3.05, 3.63) is 58.9 Å². The Labute approximate surface area is 132 Å². The standard InChI is InChI=1S/C17H8F4N2O/c1-6-11(9-3-7-2-8(9)10-4-22-5-23(7)10)12-13(18)14(19)15(20)16(21)17(12)24-6/h3-5H,2H2,1H3. The molecule has 0 unspecified atom stereocenters. The Bertz CT molecular complexity index is 1130. The van der Waals surface area contributed by atoms with Crippen molar-refractivity contribution in [1.82, 2.24) is 9.55 Å². The maximum absolute atomic E-state index is 14.3. The van der Waals surface area contributed by atoms with Gasteiger partial charge in [0.25, 0.3) is 0 Å². The van der Waals surface area contributed by atoms with Crippen molar-refractivity contribution in [2.24, 2.45) is 0 Å². The predicted octanol–water partition coefficient (Wildman–Crippen LogP) is 4.66. The lowest BCUT2D eigenvalue weighted by Gasteiger charge is -2.09. The Morgan fingerprint density at radius 3 is 2.62 bits per heavy atom. The molecule has 2 aromatic heterocycles. The molecule has 0 spiro atoms. The molecule has 3 nitrogen and oxygen atoms in total. The summed E-state index contributed by atoms with van der Waals surface area (Å²) >= 11 is 0. The second-order valence-corrected chi connectivity index (χ2v) is 5.85. The predicted molar refractivity (Wildman–Crippen MR) is 78.7 cm³/mol. The number of aromatic nitrogens is 2. The third-order valence-corrected chi connectivity index (χ3v) is 4.60. The van der Waals surface area contributed by atoms with E-state index in [1.807, 2.05) is 4.57 Å². The molecular weight excluding hydrogens is 324 g/mol. The van der Waals surface area contributed by atoms with E-state index in [0.717, 1.165) is 17.0 Å². The summed E-state index contributed by atoms with van der Waals surface area (Å²) in [7, 11) is 0. The fourth-order valence-corrected chi connectivity index (χ4v) is 3.57. The lowest BCUT2D eigenvalue weighted by Crippen LogP contribution is -1.99. The highest BCUT2D eigenvalue weighted by atomic mass is 19.2. The Kier molecular flexibility index (Phi) is 2.36. The van der Waals surface area contributed by atoms with Gasteiger partial charge in [-0.1, -0.05) is 0 Å². The molecule has 1 aliphatic carbocycles. The van der Waals surface area contributed by atoms with Gasteiger partial charge in [0.05, 0.1) is 23.6 Å². The van der Waals surface area contributed by atoms with Gasteiger partial charge in [-0.2, -0.15) is 4.39 Å². The van der Waals surface area contributed by atoms with Gasteiger partial charge in [0, 0.05) is 17.7 Å². The normalized spacial score (nSPS) is 15.6. The van der Waals surface area contributed by atoms with Gasteiger partial charge in [0.15, 0.2) is 17.2 Å². The number of fused-ring (bicyclic) bond motifs is 6. The van der Waals surface area contributed by atoms with E-state index in [0.29, 0.717) is 12.0 Å². The summed E-state index contributed by atoms with van der Waals surface area (Å²) in [6, 6.07) is 0. The quantitative estimate of drug-likeness (QED) is 0.369. The van der Waals surface area contributed by atoms with Gasteiger partial charge < -0.3 is 8.98 Å². The van der Waals surface area contributed by atoms with Crippen LogP contribution in [0, 0.1) is 30.2 Å². The zero-order chi connectivity index (χ0) is 16.7. The van der Waals surface area contributed by atoms with Gasteiger partial charge in [-0.05, 0) is 24.1 Å². The van der Waals surface area contributed by atoms with Crippen LogP contribution in [0.5, 0.6) is 0 Å². The van der Waals surface area contributed by atoms with Crippen molar-refractivity contribution in [1.29, 1.82) is 0 Å². The lowest BCUT2D eigenvalue weighted by atomic mass is 9.97. The number of benzene rings is 1. The van der Waals surface area contributed by atoms with Crippen molar-refractivity contribution < 1.29 is 22.0 Å². The van der Waals surface area contributed by atoms with E-state index < -0.39 is 28.9 Å². The summed E-state index contributed by atoms with van der Waals surface area (Å²) in [5.41, 5.74) is 2.92. The molecule has 0 saturated carbocycles. The molecule has 3 heterocycles. The maximum atomic E-state index is 14.3. The number of imidazole rings is 1. The van der Waals surface area contributed by atoms with Crippen LogP contribution >= 0.6 is 0 Å². The second kappa shape index (κ2) is 4.17. The van der Waals surface area contributed by atoms with E-state index in [1.54, 1.807) is 18.6 Å². The lowest BCUT2D eigenvalue weighted by molar-refractivity contribution is 0.409. The van der Waals surface area contributed by atoms with Gasteiger partial charge in [0.2, 0.25) is 11.6 Å². The Morgan fingerprint density at radius 2 is 1.83 bits per heavy atom. The Hall–Kier alpha value is -2.83. The van der Waals surface area contributed by atoms with Crippen LogP contribution in [-0.2, 0) is 0 Å². The van der Waals surface area contributed by atoms with Crippen LogP contribution in [0.25, 0.3) is 27.8 Å². The summed E-state index contributed by atoms with van der Waals surface area (Å²) in [5, 5.41) is -0.373. The van der Waals surface area contributed by atoms with Gasteiger partial charge in [0.1, 0.15) is 5.76 Å². The van der Waals surface area contributed by atoms with Gasteiger partial charge >= 0.3 is 0 Å². The van der Waals surface area contributed by atoms with E-state index in [1.165, 1.54) is 6.92 Å². The third kappa shape index (κ3) is 1.40. The molecule has 0 amide bonds. The van der Waals surface area contributed by atoms with Crippen LogP contribution in [0.1, 0.15) is 23.4 Å². The molecule has 2 aliphatic rings. The van der Waals surface area contributed by atoms with E-state index in [-0.39, 0.29) is 16.7 Å². The van der Waals surface area contributed by atoms with Crippen molar-refractivity contribution in [3.8, 4) is 0 Å². The largest absolute Gasteiger partial charge is 0.457 e. The van der Waals surface area contributed by atoms with Crippen LogP contribution in [0.4, 0.5) is 17.6 Å². The van der Waals surface area contributed by atoms with Crippen LogP contribution < -0.4 is 0 Å².